The maximum Gasteiger partial charge on any atom is 1.00 e. The van der Waals surface area contributed by atoms with E-state index in [9.17, 15) is 0 Å². The Kier molecular flexibility index (Phi) is 1.84. The molecule has 0 spiro atoms. The molecule has 0 aromatic heterocycles. The van der Waals surface area contributed by atoms with Crippen molar-refractivity contribution >= 4 is 6.15 Å². The molecule has 0 saturated heterocycles. The Labute approximate surface area is 53.5 Å². The standard InChI is InChI=1S/C4BN4/c6-1-5(2-7,3-8)4-9/q-1/p+1. The van der Waals surface area contributed by atoms with Crippen molar-refractivity contribution in [2.75, 3.05) is 0 Å². The highest BCUT2D eigenvalue weighted by Crippen LogP contribution is 1.92. The quantitative estimate of drug-likeness (QED) is 0.409. The van der Waals surface area contributed by atoms with Crippen LogP contribution in [0.5, 0.6) is 0 Å². The van der Waals surface area contributed by atoms with Crippen LogP contribution in [0.3, 0.4) is 0 Å². The van der Waals surface area contributed by atoms with Crippen molar-refractivity contribution in [2.45, 2.75) is 0 Å². The van der Waals surface area contributed by atoms with Gasteiger partial charge in [-0.2, -0.15) is 0 Å². The average Bonchev–Trinajstić information content (AvgIpc) is 1.95. The Bertz CT molecular complexity index is 210. The van der Waals surface area contributed by atoms with Gasteiger partial charge in [-0.15, -0.1) is 23.9 Å². The Hall–Kier alpha value is -1.98. The van der Waals surface area contributed by atoms with Crippen molar-refractivity contribution in [3.05, 3.63) is 0 Å². The van der Waals surface area contributed by atoms with Crippen molar-refractivity contribution in [2.24, 2.45) is 0 Å². The molecule has 0 aliphatic rings. The molecule has 0 aliphatic carbocycles. The van der Waals surface area contributed by atoms with E-state index in [-0.39, 0.29) is 1.43 Å². The van der Waals surface area contributed by atoms with Crippen LogP contribution in [0.15, 0.2) is 0 Å². The zero-order valence-electron chi connectivity index (χ0n) is 5.37. The number of nitriles is 4. The summed E-state index contributed by atoms with van der Waals surface area (Å²) in [5.41, 5.74) is 0. The number of hydrogen-bond donors (Lipinski definition) is 0. The lowest BCUT2D eigenvalue weighted by Gasteiger charge is -1.98. The van der Waals surface area contributed by atoms with E-state index in [2.05, 4.69) is 0 Å². The summed E-state index contributed by atoms with van der Waals surface area (Å²) in [4.78, 5) is 0. The Morgan fingerprint density at radius 2 is 1.00 bits per heavy atom. The predicted octanol–water partition coefficient (Wildman–Crippen LogP) is -0.201. The lowest BCUT2D eigenvalue weighted by Crippen LogP contribution is -2.26. The van der Waals surface area contributed by atoms with Crippen LogP contribution in [-0.2, 0) is 0 Å². The van der Waals surface area contributed by atoms with Gasteiger partial charge < -0.3 is 0 Å². The normalized spacial score (nSPS) is 7.56. The fraction of sp³-hybridized carbons (Fsp3) is 0. The van der Waals surface area contributed by atoms with Crippen molar-refractivity contribution in [1.82, 2.24) is 0 Å². The molecule has 0 N–H and O–H groups in total. The highest BCUT2D eigenvalue weighted by molar-refractivity contribution is 7.05. The van der Waals surface area contributed by atoms with Gasteiger partial charge >= 0.3 is 7.57 Å². The second kappa shape index (κ2) is 2.36. The third-order valence-corrected chi connectivity index (χ3v) is 0.775. The smallest absolute Gasteiger partial charge is 0.245 e. The highest BCUT2D eigenvalue weighted by atomic mass is 14.3. The Balaban J connectivity index is 0. The maximum atomic E-state index is 8.09. The average molecular weight is 116 g/mol. The van der Waals surface area contributed by atoms with Crippen molar-refractivity contribution in [3.63, 3.8) is 0 Å². The molecule has 0 bridgehead atoms. The summed E-state index contributed by atoms with van der Waals surface area (Å²) >= 11 is 0. The zero-order valence-corrected chi connectivity index (χ0v) is 4.37. The highest BCUT2D eigenvalue weighted by Gasteiger charge is 2.22. The molecule has 9 heavy (non-hydrogen) atoms. The molecule has 5 heteroatoms. The molecule has 0 saturated carbocycles. The van der Waals surface area contributed by atoms with Gasteiger partial charge in [-0.1, -0.05) is 0 Å². The van der Waals surface area contributed by atoms with Gasteiger partial charge in [0.1, 0.15) is 0 Å². The van der Waals surface area contributed by atoms with Gasteiger partial charge in [0.15, 0.2) is 0 Å². The van der Waals surface area contributed by atoms with E-state index in [1.807, 2.05) is 0 Å². The van der Waals surface area contributed by atoms with Crippen LogP contribution in [0.2, 0.25) is 0 Å². The third-order valence-electron chi connectivity index (χ3n) is 0.775. The van der Waals surface area contributed by atoms with E-state index in [0.29, 0.717) is 0 Å². The van der Waals surface area contributed by atoms with Gasteiger partial charge in [0.2, 0.25) is 0 Å². The molecule has 0 heterocycles. The van der Waals surface area contributed by atoms with E-state index in [0.717, 1.165) is 0 Å². The monoisotopic (exact) mass is 116 g/mol. The first-order valence-corrected chi connectivity index (χ1v) is 2.05. The van der Waals surface area contributed by atoms with E-state index in [1.165, 1.54) is 23.9 Å². The van der Waals surface area contributed by atoms with Crippen LogP contribution in [0.1, 0.15) is 1.43 Å². The summed E-state index contributed by atoms with van der Waals surface area (Å²) in [6.07, 6.45) is -2.72. The second-order valence-electron chi connectivity index (χ2n) is 1.38. The summed E-state index contributed by atoms with van der Waals surface area (Å²) in [5.74, 6) is 5.38. The van der Waals surface area contributed by atoms with Crippen molar-refractivity contribution in [3.8, 4) is 23.9 Å². The molecule has 0 atom stereocenters. The number of rotatable bonds is 0. The molecule has 0 amide bonds. The molecule has 0 aromatic rings. The van der Waals surface area contributed by atoms with Crippen LogP contribution >= 0.6 is 0 Å². The van der Waals surface area contributed by atoms with Gasteiger partial charge in [0.25, 0.3) is 0 Å². The Morgan fingerprint density at radius 1 is 0.778 bits per heavy atom. The number of hydrogen-bond acceptors (Lipinski definition) is 4. The second-order valence-corrected chi connectivity index (χ2v) is 1.38. The summed E-state index contributed by atoms with van der Waals surface area (Å²) in [6, 6.07) is 0. The van der Waals surface area contributed by atoms with Crippen LogP contribution < -0.4 is 0 Å². The lowest BCUT2D eigenvalue weighted by atomic mass is 9.30. The van der Waals surface area contributed by atoms with E-state index in [4.69, 9.17) is 21.0 Å². The first-order valence-electron chi connectivity index (χ1n) is 2.05. The largest absolute Gasteiger partial charge is 1.00 e. The predicted molar refractivity (Wildman–Crippen MR) is 29.3 cm³/mol. The summed E-state index contributed by atoms with van der Waals surface area (Å²) in [5, 5.41) is 32.3. The van der Waals surface area contributed by atoms with Crippen molar-refractivity contribution in [1.29, 1.82) is 21.0 Å². The molecular weight excluding hydrogens is 115 g/mol. The number of nitrogens with zero attached hydrogens (tertiary/aromatic N) is 4. The van der Waals surface area contributed by atoms with E-state index in [1.54, 1.807) is 0 Å². The first-order chi connectivity index (χ1) is 4.24. The topological polar surface area (TPSA) is 95.2 Å². The summed E-state index contributed by atoms with van der Waals surface area (Å²) < 4.78 is 0. The first kappa shape index (κ1) is 7.02. The molecular formula is C4HBN4. The van der Waals surface area contributed by atoms with Gasteiger partial charge in [-0.3, -0.25) is 0 Å². The molecule has 40 valence electrons. The fourth-order valence-corrected chi connectivity index (χ4v) is 0.173. The SMILES string of the molecule is N#C[B-](C#N)(C#N)C#N.[H+]. The fourth-order valence-electron chi connectivity index (χ4n) is 0.173. The van der Waals surface area contributed by atoms with E-state index < -0.39 is 6.15 Å². The minimum absolute atomic E-state index is 0. The van der Waals surface area contributed by atoms with Gasteiger partial charge in [0, 0.05) is 0 Å². The summed E-state index contributed by atoms with van der Waals surface area (Å²) in [6.45, 7) is 0. The van der Waals surface area contributed by atoms with Crippen LogP contribution in [0, 0.1) is 44.9 Å². The Morgan fingerprint density at radius 3 is 1.00 bits per heavy atom. The minimum atomic E-state index is -2.72. The molecule has 0 unspecified atom stereocenters. The molecule has 0 aromatic carbocycles. The van der Waals surface area contributed by atoms with Crippen molar-refractivity contribution < 1.29 is 1.43 Å². The van der Waals surface area contributed by atoms with E-state index >= 15 is 0 Å². The molecule has 0 fully saturated rings. The zero-order chi connectivity index (χ0) is 7.33. The van der Waals surface area contributed by atoms with Gasteiger partial charge in [-0.05, 0) is 0 Å². The van der Waals surface area contributed by atoms with Crippen LogP contribution in [0.25, 0.3) is 0 Å². The molecule has 0 aliphatic heterocycles. The molecule has 0 rings (SSSR count). The van der Waals surface area contributed by atoms with Crippen LogP contribution in [0.4, 0.5) is 0 Å². The van der Waals surface area contributed by atoms with Gasteiger partial charge in [-0.25, -0.2) is 21.0 Å². The van der Waals surface area contributed by atoms with Gasteiger partial charge in [0.05, 0.1) is 0 Å². The lowest BCUT2D eigenvalue weighted by molar-refractivity contribution is 1.50. The third kappa shape index (κ3) is 0.971. The maximum absolute atomic E-state index is 8.09. The minimum Gasteiger partial charge on any atom is -0.245 e. The van der Waals surface area contributed by atoms with Crippen LogP contribution in [-0.4, -0.2) is 6.15 Å². The molecule has 4 nitrogen and oxygen atoms in total. The summed E-state index contributed by atoms with van der Waals surface area (Å²) in [7, 11) is 0. The molecule has 0 radical (unpaired) electrons.